The third-order valence-electron chi connectivity index (χ3n) is 5.48. The summed E-state index contributed by atoms with van der Waals surface area (Å²) in [6.45, 7) is 1.84. The molecule has 11 heteroatoms. The molecule has 0 fully saturated rings. The average molecular weight is 528 g/mol. The predicted molar refractivity (Wildman–Crippen MR) is 134 cm³/mol. The predicted octanol–water partition coefficient (Wildman–Crippen LogP) is 3.54. The van der Waals surface area contributed by atoms with Crippen LogP contribution >= 0.6 is 23.4 Å². The molecule has 1 aliphatic heterocycles. The van der Waals surface area contributed by atoms with Gasteiger partial charge in [-0.2, -0.15) is 5.26 Å². The van der Waals surface area contributed by atoms with Crippen LogP contribution in [0.5, 0.6) is 0 Å². The van der Waals surface area contributed by atoms with Gasteiger partial charge in [0.05, 0.1) is 42.2 Å². The lowest BCUT2D eigenvalue weighted by Gasteiger charge is -2.31. The molecule has 2 atom stereocenters. The first-order valence-electron chi connectivity index (χ1n) is 10.6. The Morgan fingerprint density at radius 1 is 1.14 bits per heavy atom. The Morgan fingerprint density at radius 3 is 2.42 bits per heavy atom. The smallest absolute Gasteiger partial charge is 0.337 e. The molecule has 0 bridgehead atoms. The van der Waals surface area contributed by atoms with E-state index in [4.69, 9.17) is 21.1 Å². The summed E-state index contributed by atoms with van der Waals surface area (Å²) in [6, 6.07) is 13.2. The lowest BCUT2D eigenvalue weighted by atomic mass is 9.78. The molecule has 0 aliphatic carbocycles. The highest BCUT2D eigenvalue weighted by atomic mass is 35.5. The summed E-state index contributed by atoms with van der Waals surface area (Å²) in [4.78, 5) is 49.7. The van der Waals surface area contributed by atoms with Crippen molar-refractivity contribution >= 4 is 52.8 Å². The molecule has 0 saturated carbocycles. The minimum Gasteiger partial charge on any atom is -0.468 e. The number of carbonyl (C=O) groups excluding carboxylic acids is 4. The quantitative estimate of drug-likeness (QED) is 0.412. The molecule has 2 aromatic carbocycles. The van der Waals surface area contributed by atoms with Crippen LogP contribution in [0.2, 0.25) is 5.02 Å². The van der Waals surface area contributed by atoms with Crippen LogP contribution < -0.4 is 10.6 Å². The number of thioether (sulfide) groups is 1. The van der Waals surface area contributed by atoms with Crippen LogP contribution in [0.3, 0.4) is 0 Å². The maximum absolute atomic E-state index is 12.9. The van der Waals surface area contributed by atoms with Gasteiger partial charge in [-0.05, 0) is 42.3 Å². The van der Waals surface area contributed by atoms with E-state index in [9.17, 15) is 24.4 Å². The van der Waals surface area contributed by atoms with Gasteiger partial charge in [-0.25, -0.2) is 4.79 Å². The van der Waals surface area contributed by atoms with Crippen molar-refractivity contribution in [3.63, 3.8) is 0 Å². The largest absolute Gasteiger partial charge is 0.468 e. The molecule has 9 nitrogen and oxygen atoms in total. The second kappa shape index (κ2) is 11.7. The SMILES string of the molecule is COC(=O)c1ccc([C@@H]2C(C#N)=C(SCC(=O)Nc3ccc(C)c(Cl)c3)NC(=O)[C@H]2C(=O)OC)cc1. The number of methoxy groups -OCH3 is 2. The van der Waals surface area contributed by atoms with E-state index >= 15 is 0 Å². The number of carbonyl (C=O) groups is 4. The van der Waals surface area contributed by atoms with Gasteiger partial charge < -0.3 is 20.1 Å². The van der Waals surface area contributed by atoms with Gasteiger partial charge in [0.2, 0.25) is 11.8 Å². The number of hydrogen-bond acceptors (Lipinski definition) is 8. The summed E-state index contributed by atoms with van der Waals surface area (Å²) in [7, 11) is 2.40. The number of allylic oxidation sites excluding steroid dienone is 1. The Morgan fingerprint density at radius 2 is 1.83 bits per heavy atom. The van der Waals surface area contributed by atoms with Crippen LogP contribution in [0.4, 0.5) is 5.69 Å². The van der Waals surface area contributed by atoms with Crippen molar-refractivity contribution in [2.45, 2.75) is 12.8 Å². The number of amides is 2. The number of aryl methyl sites for hydroxylation is 1. The summed E-state index contributed by atoms with van der Waals surface area (Å²) in [5, 5.41) is 15.9. The lowest BCUT2D eigenvalue weighted by molar-refractivity contribution is -0.150. The maximum Gasteiger partial charge on any atom is 0.337 e. The summed E-state index contributed by atoms with van der Waals surface area (Å²) in [5.41, 5.74) is 2.17. The van der Waals surface area contributed by atoms with E-state index in [1.807, 2.05) is 6.92 Å². The molecule has 2 amide bonds. The minimum atomic E-state index is -1.33. The van der Waals surface area contributed by atoms with Gasteiger partial charge in [0.15, 0.2) is 0 Å². The molecule has 0 radical (unpaired) electrons. The minimum absolute atomic E-state index is 0.0898. The zero-order valence-corrected chi connectivity index (χ0v) is 21.2. The first-order chi connectivity index (χ1) is 17.2. The molecule has 2 N–H and O–H groups in total. The van der Waals surface area contributed by atoms with Gasteiger partial charge in [-0.1, -0.05) is 41.6 Å². The second-order valence-corrected chi connectivity index (χ2v) is 9.13. The van der Waals surface area contributed by atoms with Crippen LogP contribution in [0.1, 0.15) is 27.4 Å². The summed E-state index contributed by atoms with van der Waals surface area (Å²) in [5.74, 6) is -4.86. The van der Waals surface area contributed by atoms with Crippen molar-refractivity contribution < 1.29 is 28.7 Å². The van der Waals surface area contributed by atoms with Gasteiger partial charge in [-0.3, -0.25) is 14.4 Å². The van der Waals surface area contributed by atoms with Crippen molar-refractivity contribution in [1.82, 2.24) is 5.32 Å². The topological polar surface area (TPSA) is 135 Å². The molecular weight excluding hydrogens is 506 g/mol. The number of rotatable bonds is 7. The lowest BCUT2D eigenvalue weighted by Crippen LogP contribution is -2.44. The number of anilines is 1. The molecule has 0 aromatic heterocycles. The molecular formula is C25H22ClN3O6S. The van der Waals surface area contributed by atoms with Crippen LogP contribution in [0.15, 0.2) is 53.1 Å². The van der Waals surface area contributed by atoms with Crippen molar-refractivity contribution in [2.24, 2.45) is 5.92 Å². The summed E-state index contributed by atoms with van der Waals surface area (Å²) in [6.07, 6.45) is 0. The highest BCUT2D eigenvalue weighted by molar-refractivity contribution is 8.03. The Balaban J connectivity index is 1.90. The fourth-order valence-corrected chi connectivity index (χ4v) is 4.66. The molecule has 1 heterocycles. The van der Waals surface area contributed by atoms with Crippen LogP contribution in [0.25, 0.3) is 0 Å². The van der Waals surface area contributed by atoms with E-state index in [1.165, 1.54) is 19.2 Å². The molecule has 0 spiro atoms. The van der Waals surface area contributed by atoms with Crippen molar-refractivity contribution in [3.8, 4) is 6.07 Å². The van der Waals surface area contributed by atoms with Gasteiger partial charge in [-0.15, -0.1) is 0 Å². The number of nitrogens with zero attached hydrogens (tertiary/aromatic N) is 1. The van der Waals surface area contributed by atoms with Crippen molar-refractivity contribution in [2.75, 3.05) is 25.3 Å². The van der Waals surface area contributed by atoms with E-state index in [0.29, 0.717) is 16.3 Å². The van der Waals surface area contributed by atoms with Gasteiger partial charge in [0.1, 0.15) is 5.92 Å². The highest BCUT2D eigenvalue weighted by Crippen LogP contribution is 2.40. The highest BCUT2D eigenvalue weighted by Gasteiger charge is 2.44. The van der Waals surface area contributed by atoms with E-state index in [2.05, 4.69) is 16.7 Å². The van der Waals surface area contributed by atoms with Gasteiger partial charge in [0.25, 0.3) is 0 Å². The Labute approximate surface area is 216 Å². The first-order valence-corrected chi connectivity index (χ1v) is 12.0. The molecule has 3 rings (SSSR count). The zero-order valence-electron chi connectivity index (χ0n) is 19.6. The monoisotopic (exact) mass is 527 g/mol. The second-order valence-electron chi connectivity index (χ2n) is 7.74. The van der Waals surface area contributed by atoms with E-state index in [-0.39, 0.29) is 27.8 Å². The average Bonchev–Trinajstić information content (AvgIpc) is 2.88. The van der Waals surface area contributed by atoms with E-state index in [1.54, 1.807) is 30.3 Å². The van der Waals surface area contributed by atoms with Crippen LogP contribution in [-0.4, -0.2) is 43.7 Å². The molecule has 0 saturated heterocycles. The normalized spacial score (nSPS) is 17.0. The van der Waals surface area contributed by atoms with E-state index in [0.717, 1.165) is 24.4 Å². The van der Waals surface area contributed by atoms with Crippen LogP contribution in [0, 0.1) is 24.2 Å². The molecule has 186 valence electrons. The number of ether oxygens (including phenoxy) is 2. The van der Waals surface area contributed by atoms with Crippen molar-refractivity contribution in [3.05, 3.63) is 74.8 Å². The third kappa shape index (κ3) is 5.87. The third-order valence-corrected chi connectivity index (χ3v) is 6.90. The molecule has 2 aromatic rings. The molecule has 0 unspecified atom stereocenters. The number of esters is 2. The maximum atomic E-state index is 12.9. The van der Waals surface area contributed by atoms with E-state index < -0.39 is 29.7 Å². The number of hydrogen-bond donors (Lipinski definition) is 2. The number of benzene rings is 2. The summed E-state index contributed by atoms with van der Waals surface area (Å²) < 4.78 is 9.51. The number of nitrogens with one attached hydrogen (secondary N) is 2. The van der Waals surface area contributed by atoms with Crippen molar-refractivity contribution in [1.29, 1.82) is 5.26 Å². The first kappa shape index (κ1) is 26.8. The molecule has 1 aliphatic rings. The zero-order chi connectivity index (χ0) is 26.4. The van der Waals surface area contributed by atoms with Gasteiger partial charge >= 0.3 is 11.9 Å². The molecule has 36 heavy (non-hydrogen) atoms. The fourth-order valence-electron chi connectivity index (χ4n) is 3.63. The summed E-state index contributed by atoms with van der Waals surface area (Å²) >= 11 is 7.05. The van der Waals surface area contributed by atoms with Gasteiger partial charge in [0, 0.05) is 16.6 Å². The fraction of sp³-hybridized carbons (Fsp3) is 0.240. The Bertz CT molecular complexity index is 1290. The van der Waals surface area contributed by atoms with Crippen LogP contribution in [-0.2, 0) is 23.9 Å². The Kier molecular flexibility index (Phi) is 8.74. The standard InChI is InChI=1S/C25H22ClN3O6S/c1-13-4-9-16(10-18(13)26)28-19(30)12-36-23-17(11-27)20(21(22(31)29-23)25(33)35-3)14-5-7-15(8-6-14)24(32)34-2/h4-10,20-21H,12H2,1-3H3,(H,28,30)(H,29,31)/t20-,21+/m1/s1. The number of nitriles is 1. The Hall–Kier alpha value is -3.81. The number of halogens is 1.